The Bertz CT molecular complexity index is 286. The first kappa shape index (κ1) is 10.4. The minimum Gasteiger partial charge on any atom is -0.369 e. The quantitative estimate of drug-likeness (QED) is 0.796. The van der Waals surface area contributed by atoms with Gasteiger partial charge in [-0.05, 0) is 32.0 Å². The number of anilines is 1. The lowest BCUT2D eigenvalue weighted by Crippen LogP contribution is -2.37. The zero-order chi connectivity index (χ0) is 10.5. The molecule has 2 rings (SSSR count). The highest BCUT2D eigenvalue weighted by atomic mass is 15.2. The van der Waals surface area contributed by atoms with Crippen molar-refractivity contribution in [2.75, 3.05) is 25.0 Å². The first-order valence-corrected chi connectivity index (χ1v) is 5.72. The molecular formula is C12H19N3. The second-order valence-electron chi connectivity index (χ2n) is 4.14. The monoisotopic (exact) mass is 205 g/mol. The fourth-order valence-electron chi connectivity index (χ4n) is 2.15. The van der Waals surface area contributed by atoms with Crippen LogP contribution in [0.4, 0.5) is 5.69 Å². The molecule has 0 amide bonds. The van der Waals surface area contributed by atoms with Crippen LogP contribution in [0, 0.1) is 0 Å². The van der Waals surface area contributed by atoms with Crippen LogP contribution in [-0.4, -0.2) is 31.2 Å². The van der Waals surface area contributed by atoms with E-state index in [9.17, 15) is 0 Å². The summed E-state index contributed by atoms with van der Waals surface area (Å²) in [6.45, 7) is 2.26. The number of nitrogens with one attached hydrogen (secondary N) is 1. The average Bonchev–Trinajstić information content (AvgIpc) is 2.55. The fraction of sp³-hybridized carbons (Fsp3) is 0.583. The topological polar surface area (TPSA) is 28.2 Å². The molecule has 1 aromatic heterocycles. The van der Waals surface area contributed by atoms with E-state index < -0.39 is 0 Å². The van der Waals surface area contributed by atoms with E-state index in [2.05, 4.69) is 28.3 Å². The van der Waals surface area contributed by atoms with E-state index in [0.717, 1.165) is 13.1 Å². The van der Waals surface area contributed by atoms with Crippen molar-refractivity contribution in [3.05, 3.63) is 24.5 Å². The number of hydrogen-bond acceptors (Lipinski definition) is 3. The molecule has 3 heteroatoms. The number of aromatic nitrogens is 1. The minimum atomic E-state index is 0.618. The molecule has 15 heavy (non-hydrogen) atoms. The van der Waals surface area contributed by atoms with Gasteiger partial charge in [0, 0.05) is 25.3 Å². The van der Waals surface area contributed by atoms with Crippen LogP contribution in [0.15, 0.2) is 24.5 Å². The van der Waals surface area contributed by atoms with E-state index in [0.29, 0.717) is 6.04 Å². The molecule has 2 heterocycles. The summed E-state index contributed by atoms with van der Waals surface area (Å²) in [4.78, 5) is 6.61. The zero-order valence-electron chi connectivity index (χ0n) is 9.32. The molecule has 0 spiro atoms. The maximum absolute atomic E-state index is 4.18. The standard InChI is InChI=1S/C12H19N3/c1-13-11-5-2-3-8-15(10-11)12-6-4-7-14-9-12/h4,6-7,9,11,13H,2-3,5,8,10H2,1H3. The molecule has 1 aliphatic heterocycles. The highest BCUT2D eigenvalue weighted by molar-refractivity contribution is 5.43. The molecule has 0 saturated carbocycles. The van der Waals surface area contributed by atoms with E-state index in [1.807, 2.05) is 18.5 Å². The summed E-state index contributed by atoms with van der Waals surface area (Å²) in [6, 6.07) is 4.77. The zero-order valence-corrected chi connectivity index (χ0v) is 9.32. The number of pyridine rings is 1. The molecule has 0 bridgehead atoms. The van der Waals surface area contributed by atoms with Crippen LogP contribution in [-0.2, 0) is 0 Å². The third kappa shape index (κ3) is 2.69. The number of nitrogens with zero attached hydrogens (tertiary/aromatic N) is 2. The van der Waals surface area contributed by atoms with Gasteiger partial charge in [0.15, 0.2) is 0 Å². The lowest BCUT2D eigenvalue weighted by Gasteiger charge is -2.25. The molecule has 1 unspecified atom stereocenters. The molecule has 82 valence electrons. The van der Waals surface area contributed by atoms with E-state index in [1.165, 1.54) is 24.9 Å². The van der Waals surface area contributed by atoms with Gasteiger partial charge in [-0.2, -0.15) is 0 Å². The Balaban J connectivity index is 2.07. The van der Waals surface area contributed by atoms with Gasteiger partial charge >= 0.3 is 0 Å². The Morgan fingerprint density at radius 3 is 3.13 bits per heavy atom. The van der Waals surface area contributed by atoms with Gasteiger partial charge in [-0.1, -0.05) is 6.42 Å². The van der Waals surface area contributed by atoms with Gasteiger partial charge in [0.25, 0.3) is 0 Å². The molecule has 1 atom stereocenters. The van der Waals surface area contributed by atoms with Crippen molar-refractivity contribution >= 4 is 5.69 Å². The molecule has 1 fully saturated rings. The maximum atomic E-state index is 4.18. The second kappa shape index (κ2) is 5.12. The lowest BCUT2D eigenvalue weighted by atomic mass is 10.1. The third-order valence-corrected chi connectivity index (χ3v) is 3.09. The summed E-state index contributed by atoms with van der Waals surface area (Å²) >= 11 is 0. The Morgan fingerprint density at radius 1 is 1.47 bits per heavy atom. The van der Waals surface area contributed by atoms with E-state index in [1.54, 1.807) is 0 Å². The lowest BCUT2D eigenvalue weighted by molar-refractivity contribution is 0.532. The summed E-state index contributed by atoms with van der Waals surface area (Å²) in [6.07, 6.45) is 7.68. The van der Waals surface area contributed by atoms with Crippen LogP contribution in [0.5, 0.6) is 0 Å². The normalized spacial score (nSPS) is 22.5. The van der Waals surface area contributed by atoms with Crippen molar-refractivity contribution in [3.63, 3.8) is 0 Å². The van der Waals surface area contributed by atoms with E-state index in [4.69, 9.17) is 0 Å². The van der Waals surface area contributed by atoms with E-state index in [-0.39, 0.29) is 0 Å². The molecule has 1 N–H and O–H groups in total. The summed E-state index contributed by atoms with van der Waals surface area (Å²) in [7, 11) is 2.05. The third-order valence-electron chi connectivity index (χ3n) is 3.09. The first-order valence-electron chi connectivity index (χ1n) is 5.72. The largest absolute Gasteiger partial charge is 0.369 e. The minimum absolute atomic E-state index is 0.618. The predicted molar refractivity (Wildman–Crippen MR) is 63.1 cm³/mol. The molecule has 0 aromatic carbocycles. The number of likely N-dealkylation sites (N-methyl/N-ethyl adjacent to an activating group) is 1. The molecule has 0 radical (unpaired) electrons. The van der Waals surface area contributed by atoms with Gasteiger partial charge in [-0.25, -0.2) is 0 Å². The van der Waals surface area contributed by atoms with Crippen LogP contribution in [0.1, 0.15) is 19.3 Å². The molecule has 1 aromatic rings. The molecule has 3 nitrogen and oxygen atoms in total. The second-order valence-corrected chi connectivity index (χ2v) is 4.14. The number of hydrogen-bond donors (Lipinski definition) is 1. The Hall–Kier alpha value is -1.09. The number of rotatable bonds is 2. The summed E-state index contributed by atoms with van der Waals surface area (Å²) in [5.41, 5.74) is 1.25. The molecular weight excluding hydrogens is 186 g/mol. The van der Waals surface area contributed by atoms with Crippen LogP contribution < -0.4 is 10.2 Å². The highest BCUT2D eigenvalue weighted by Gasteiger charge is 2.16. The first-order chi connectivity index (χ1) is 7.40. The highest BCUT2D eigenvalue weighted by Crippen LogP contribution is 2.17. The molecule has 1 saturated heterocycles. The van der Waals surface area contributed by atoms with Gasteiger partial charge in [0.1, 0.15) is 0 Å². The Labute approximate surface area is 91.5 Å². The van der Waals surface area contributed by atoms with Crippen LogP contribution in [0.25, 0.3) is 0 Å². The molecule has 1 aliphatic rings. The van der Waals surface area contributed by atoms with Crippen LogP contribution >= 0.6 is 0 Å². The average molecular weight is 205 g/mol. The smallest absolute Gasteiger partial charge is 0.0553 e. The van der Waals surface area contributed by atoms with Crippen LogP contribution in [0.3, 0.4) is 0 Å². The van der Waals surface area contributed by atoms with Gasteiger partial charge < -0.3 is 10.2 Å². The summed E-state index contributed by atoms with van der Waals surface area (Å²) in [5, 5.41) is 3.38. The van der Waals surface area contributed by atoms with E-state index >= 15 is 0 Å². The Morgan fingerprint density at radius 2 is 2.40 bits per heavy atom. The van der Waals surface area contributed by atoms with Crippen molar-refractivity contribution in [1.82, 2.24) is 10.3 Å². The summed E-state index contributed by atoms with van der Waals surface area (Å²) < 4.78 is 0. The van der Waals surface area contributed by atoms with Crippen LogP contribution in [0.2, 0.25) is 0 Å². The van der Waals surface area contributed by atoms with Crippen molar-refractivity contribution < 1.29 is 0 Å². The fourth-order valence-corrected chi connectivity index (χ4v) is 2.15. The van der Waals surface area contributed by atoms with Crippen molar-refractivity contribution in [2.24, 2.45) is 0 Å². The molecule has 0 aliphatic carbocycles. The maximum Gasteiger partial charge on any atom is 0.0553 e. The van der Waals surface area contributed by atoms with Gasteiger partial charge in [-0.15, -0.1) is 0 Å². The van der Waals surface area contributed by atoms with Crippen molar-refractivity contribution in [2.45, 2.75) is 25.3 Å². The van der Waals surface area contributed by atoms with Crippen molar-refractivity contribution in [3.8, 4) is 0 Å². The SMILES string of the molecule is CNC1CCCCN(c2cccnc2)C1. The predicted octanol–water partition coefficient (Wildman–Crippen LogP) is 1.66. The van der Waals surface area contributed by atoms with Crippen molar-refractivity contribution in [1.29, 1.82) is 0 Å². The van der Waals surface area contributed by atoms with Gasteiger partial charge in [0.05, 0.1) is 11.9 Å². The van der Waals surface area contributed by atoms with Gasteiger partial charge in [0.2, 0.25) is 0 Å². The van der Waals surface area contributed by atoms with Gasteiger partial charge in [-0.3, -0.25) is 4.98 Å². The Kier molecular flexibility index (Phi) is 3.56. The summed E-state index contributed by atoms with van der Waals surface area (Å²) in [5.74, 6) is 0.